The highest BCUT2D eigenvalue weighted by Crippen LogP contribution is 2.35. The van der Waals surface area contributed by atoms with Gasteiger partial charge in [-0.2, -0.15) is 17.9 Å². The molecule has 6 nitrogen and oxygen atoms in total. The van der Waals surface area contributed by atoms with Gasteiger partial charge in [-0.1, -0.05) is 0 Å². The molecule has 0 aliphatic carbocycles. The Kier molecular flexibility index (Phi) is 4.86. The second kappa shape index (κ2) is 6.65. The molecule has 0 aliphatic heterocycles. The van der Waals surface area contributed by atoms with Gasteiger partial charge in [0.25, 0.3) is 0 Å². The van der Waals surface area contributed by atoms with E-state index in [0.29, 0.717) is 25.9 Å². The lowest BCUT2D eigenvalue weighted by Crippen LogP contribution is -2.16. The number of hydrogen-bond donors (Lipinski definition) is 2. The van der Waals surface area contributed by atoms with Gasteiger partial charge < -0.3 is 15.5 Å². The van der Waals surface area contributed by atoms with Crippen LogP contribution in [-0.4, -0.2) is 22.9 Å². The molecule has 0 aliphatic rings. The van der Waals surface area contributed by atoms with Gasteiger partial charge in [0.15, 0.2) is 0 Å². The van der Waals surface area contributed by atoms with Gasteiger partial charge >= 0.3 is 11.9 Å². The zero-order valence-corrected chi connectivity index (χ0v) is 11.6. The summed E-state index contributed by atoms with van der Waals surface area (Å²) < 4.78 is 44.4. The fourth-order valence-electron chi connectivity index (χ4n) is 1.93. The molecule has 0 amide bonds. The van der Waals surface area contributed by atoms with E-state index in [2.05, 4.69) is 14.8 Å². The lowest BCUT2D eigenvalue weighted by atomic mass is 10.1. The second-order valence-corrected chi connectivity index (χ2v) is 4.57. The van der Waals surface area contributed by atoms with E-state index in [1.807, 2.05) is 0 Å². The molecule has 2 rings (SSSR count). The first-order chi connectivity index (χ1) is 10.4. The monoisotopic (exact) mass is 316 g/mol. The Morgan fingerprint density at radius 1 is 1.32 bits per heavy atom. The summed E-state index contributed by atoms with van der Waals surface area (Å²) in [5, 5.41) is 6.37. The van der Waals surface area contributed by atoms with Gasteiger partial charge in [0.1, 0.15) is 0 Å². The molecule has 1 aromatic carbocycles. The Morgan fingerprint density at radius 3 is 2.68 bits per heavy atom. The summed E-state index contributed by atoms with van der Waals surface area (Å²) in [5.41, 5.74) is 4.62. The molecule has 0 fully saturated rings. The van der Waals surface area contributed by atoms with Crippen LogP contribution in [0.5, 0.6) is 0 Å². The van der Waals surface area contributed by atoms with Crippen molar-refractivity contribution in [3.63, 3.8) is 0 Å². The minimum absolute atomic E-state index is 0.114. The number of nitrogens with zero attached hydrogens (tertiary/aromatic N) is 2. The molecule has 120 valence electrons. The van der Waals surface area contributed by atoms with Crippen LogP contribution in [0.4, 0.5) is 18.9 Å². The molecule has 0 unspecified atom stereocenters. The average molecular weight is 316 g/mol. The smallest absolute Gasteiger partial charge is 0.395 e. The van der Waals surface area contributed by atoms with Gasteiger partial charge in [-0.25, -0.2) is 4.79 Å². The van der Waals surface area contributed by atoms with Crippen LogP contribution >= 0.6 is 0 Å². The number of hydrogen-bond acceptors (Lipinski definition) is 5. The lowest BCUT2D eigenvalue weighted by Gasteiger charge is -2.15. The predicted molar refractivity (Wildman–Crippen MR) is 73.9 cm³/mol. The topological polar surface area (TPSA) is 86.1 Å². The fraction of sp³-hybridized carbons (Fsp3) is 0.385. The van der Waals surface area contributed by atoms with E-state index in [1.54, 1.807) is 0 Å². The van der Waals surface area contributed by atoms with Gasteiger partial charge in [-0.3, -0.25) is 0 Å². The van der Waals surface area contributed by atoms with E-state index in [1.165, 1.54) is 6.07 Å². The third kappa shape index (κ3) is 3.67. The SMILES string of the molecule is NCCCCNc1cc(-n2ncoc2=O)ccc1C(F)(F)F. The normalized spacial score (nSPS) is 11.6. The van der Waals surface area contributed by atoms with Gasteiger partial charge in [-0.15, -0.1) is 5.10 Å². The number of aromatic nitrogens is 2. The fourth-order valence-corrected chi connectivity index (χ4v) is 1.93. The van der Waals surface area contributed by atoms with Crippen LogP contribution in [0.2, 0.25) is 0 Å². The highest BCUT2D eigenvalue weighted by molar-refractivity contribution is 5.58. The van der Waals surface area contributed by atoms with Crippen molar-refractivity contribution in [1.29, 1.82) is 0 Å². The molecular formula is C13H15F3N4O2. The van der Waals surface area contributed by atoms with Crippen molar-refractivity contribution in [2.45, 2.75) is 19.0 Å². The van der Waals surface area contributed by atoms with Crippen molar-refractivity contribution in [3.8, 4) is 5.69 Å². The van der Waals surface area contributed by atoms with Crippen molar-refractivity contribution in [2.24, 2.45) is 5.73 Å². The summed E-state index contributed by atoms with van der Waals surface area (Å²) in [6.45, 7) is 0.819. The third-order valence-electron chi connectivity index (χ3n) is 2.99. The maximum absolute atomic E-state index is 13.0. The summed E-state index contributed by atoms with van der Waals surface area (Å²) in [5.74, 6) is -0.770. The van der Waals surface area contributed by atoms with Gasteiger partial charge in [0, 0.05) is 12.2 Å². The van der Waals surface area contributed by atoms with Crippen molar-refractivity contribution in [2.75, 3.05) is 18.4 Å². The molecule has 1 heterocycles. The maximum Gasteiger partial charge on any atom is 0.441 e. The molecule has 22 heavy (non-hydrogen) atoms. The number of benzene rings is 1. The second-order valence-electron chi connectivity index (χ2n) is 4.57. The van der Waals surface area contributed by atoms with Crippen LogP contribution in [0.3, 0.4) is 0 Å². The lowest BCUT2D eigenvalue weighted by molar-refractivity contribution is -0.136. The molecule has 0 saturated carbocycles. The van der Waals surface area contributed by atoms with Crippen molar-refractivity contribution >= 4 is 5.69 Å². The first kappa shape index (κ1) is 16.1. The molecular weight excluding hydrogens is 301 g/mol. The quantitative estimate of drug-likeness (QED) is 0.796. The highest BCUT2D eigenvalue weighted by atomic mass is 19.4. The Balaban J connectivity index is 2.33. The van der Waals surface area contributed by atoms with E-state index in [-0.39, 0.29) is 11.4 Å². The molecule has 0 bridgehead atoms. The van der Waals surface area contributed by atoms with E-state index >= 15 is 0 Å². The van der Waals surface area contributed by atoms with E-state index in [9.17, 15) is 18.0 Å². The first-order valence-corrected chi connectivity index (χ1v) is 6.62. The number of nitrogens with two attached hydrogens (primary N) is 1. The molecule has 1 aromatic heterocycles. The molecule has 0 saturated heterocycles. The van der Waals surface area contributed by atoms with E-state index < -0.39 is 17.5 Å². The summed E-state index contributed by atoms with van der Waals surface area (Å²) in [6.07, 6.45) is -2.23. The highest BCUT2D eigenvalue weighted by Gasteiger charge is 2.33. The van der Waals surface area contributed by atoms with Crippen molar-refractivity contribution < 1.29 is 17.6 Å². The standard InChI is InChI=1S/C13H15F3N4O2/c14-13(15,16)10-4-3-9(20-12(21)22-8-19-20)7-11(10)18-6-2-1-5-17/h3-4,7-8,18H,1-2,5-6,17H2. The number of halogens is 3. The predicted octanol–water partition coefficient (Wildman–Crippen LogP) is 2.00. The Hall–Kier alpha value is -2.29. The summed E-state index contributed by atoms with van der Waals surface area (Å²) in [7, 11) is 0. The van der Waals surface area contributed by atoms with Gasteiger partial charge in [0.05, 0.1) is 11.3 Å². The number of alkyl halides is 3. The summed E-state index contributed by atoms with van der Waals surface area (Å²) in [6, 6.07) is 3.29. The van der Waals surface area contributed by atoms with E-state index in [4.69, 9.17) is 5.73 Å². The molecule has 0 atom stereocenters. The maximum atomic E-state index is 13.0. The van der Waals surface area contributed by atoms with Gasteiger partial charge in [0.2, 0.25) is 6.39 Å². The number of rotatable bonds is 6. The zero-order chi connectivity index (χ0) is 16.2. The largest absolute Gasteiger partial charge is 0.441 e. The molecule has 3 N–H and O–H groups in total. The molecule has 0 spiro atoms. The molecule has 2 aromatic rings. The van der Waals surface area contributed by atoms with Crippen LogP contribution in [0.15, 0.2) is 33.8 Å². The van der Waals surface area contributed by atoms with Crippen molar-refractivity contribution in [1.82, 2.24) is 9.78 Å². The number of unbranched alkanes of at least 4 members (excludes halogenated alkanes) is 1. The van der Waals surface area contributed by atoms with Crippen LogP contribution in [0, 0.1) is 0 Å². The number of anilines is 1. The average Bonchev–Trinajstić information content (AvgIpc) is 2.88. The third-order valence-corrected chi connectivity index (χ3v) is 2.99. The molecule has 9 heteroatoms. The zero-order valence-electron chi connectivity index (χ0n) is 11.6. The Labute approximate surface area is 123 Å². The van der Waals surface area contributed by atoms with Crippen LogP contribution in [0.25, 0.3) is 5.69 Å². The van der Waals surface area contributed by atoms with E-state index in [0.717, 1.165) is 23.2 Å². The van der Waals surface area contributed by atoms with Crippen LogP contribution in [-0.2, 0) is 6.18 Å². The Bertz CT molecular complexity index is 678. The minimum Gasteiger partial charge on any atom is -0.395 e. The minimum atomic E-state index is -4.50. The van der Waals surface area contributed by atoms with Crippen LogP contribution < -0.4 is 16.8 Å². The summed E-state index contributed by atoms with van der Waals surface area (Å²) in [4.78, 5) is 11.4. The summed E-state index contributed by atoms with van der Waals surface area (Å²) >= 11 is 0. The Morgan fingerprint density at radius 2 is 2.09 bits per heavy atom. The molecule has 0 radical (unpaired) electrons. The van der Waals surface area contributed by atoms with Crippen LogP contribution in [0.1, 0.15) is 18.4 Å². The number of nitrogens with one attached hydrogen (secondary N) is 1. The van der Waals surface area contributed by atoms with Gasteiger partial charge in [-0.05, 0) is 37.6 Å². The van der Waals surface area contributed by atoms with Crippen molar-refractivity contribution in [3.05, 3.63) is 40.7 Å². The first-order valence-electron chi connectivity index (χ1n) is 6.62.